The number of hydrogen-bond acceptors (Lipinski definition) is 5. The van der Waals surface area contributed by atoms with Crippen molar-refractivity contribution in [1.29, 1.82) is 0 Å². The Morgan fingerprint density at radius 2 is 1.93 bits per heavy atom. The van der Waals surface area contributed by atoms with Gasteiger partial charge in [0.2, 0.25) is 0 Å². The Hall–Kier alpha value is -0.260. The normalized spacial score (nSPS) is 15.9. The van der Waals surface area contributed by atoms with Crippen LogP contribution in [0.5, 0.6) is 0 Å². The molecule has 0 radical (unpaired) electrons. The van der Waals surface area contributed by atoms with Gasteiger partial charge >= 0.3 is 5.97 Å². The van der Waals surface area contributed by atoms with E-state index in [-0.39, 0.29) is 6.04 Å². The Labute approximate surface area is 96.1 Å². The maximum atomic E-state index is 11.5. The van der Waals surface area contributed by atoms with Crippen LogP contribution in [0.15, 0.2) is 0 Å². The molecule has 0 aliphatic heterocycles. The van der Waals surface area contributed by atoms with Gasteiger partial charge < -0.3 is 16.2 Å². The van der Waals surface area contributed by atoms with Crippen LogP contribution >= 0.6 is 11.8 Å². The van der Waals surface area contributed by atoms with Crippen LogP contribution in [-0.4, -0.2) is 35.7 Å². The maximum Gasteiger partial charge on any atom is 0.325 e. The van der Waals surface area contributed by atoms with Crippen molar-refractivity contribution in [3.05, 3.63) is 0 Å². The van der Waals surface area contributed by atoms with Gasteiger partial charge in [-0.25, -0.2) is 0 Å². The highest BCUT2D eigenvalue weighted by Gasteiger charge is 2.26. The Balaban J connectivity index is 4.08. The molecule has 15 heavy (non-hydrogen) atoms. The summed E-state index contributed by atoms with van der Waals surface area (Å²) in [6.45, 7) is 5.43. The van der Waals surface area contributed by atoms with Gasteiger partial charge in [0.05, 0.1) is 0 Å². The predicted molar refractivity (Wildman–Crippen MR) is 64.8 cm³/mol. The summed E-state index contributed by atoms with van der Waals surface area (Å²) in [6, 6.07) is -1.05. The number of carbonyl (C=O) groups excluding carboxylic acids is 1. The number of carbonyl (C=O) groups is 1. The zero-order valence-corrected chi connectivity index (χ0v) is 10.8. The van der Waals surface area contributed by atoms with E-state index in [2.05, 4.69) is 0 Å². The van der Waals surface area contributed by atoms with E-state index >= 15 is 0 Å². The molecule has 0 spiro atoms. The zero-order valence-electron chi connectivity index (χ0n) is 9.95. The first kappa shape index (κ1) is 14.7. The lowest BCUT2D eigenvalue weighted by Crippen LogP contribution is -2.49. The van der Waals surface area contributed by atoms with E-state index in [9.17, 15) is 4.79 Å². The van der Waals surface area contributed by atoms with Crippen molar-refractivity contribution in [3.63, 3.8) is 0 Å². The molecule has 0 amide bonds. The molecule has 0 saturated carbocycles. The van der Waals surface area contributed by atoms with Crippen LogP contribution in [0, 0.1) is 0 Å². The van der Waals surface area contributed by atoms with E-state index in [4.69, 9.17) is 16.2 Å². The molecule has 0 aliphatic rings. The van der Waals surface area contributed by atoms with Gasteiger partial charge in [-0.15, -0.1) is 0 Å². The van der Waals surface area contributed by atoms with E-state index < -0.39 is 17.6 Å². The lowest BCUT2D eigenvalue weighted by Gasteiger charge is -2.24. The monoisotopic (exact) mass is 234 g/mol. The molecule has 0 saturated heterocycles. The van der Waals surface area contributed by atoms with Gasteiger partial charge in [-0.05, 0) is 39.2 Å². The average Bonchev–Trinajstić information content (AvgIpc) is 2.10. The van der Waals surface area contributed by atoms with Crippen LogP contribution in [0.4, 0.5) is 0 Å². The Morgan fingerprint density at radius 3 is 2.33 bits per heavy atom. The second-order valence-electron chi connectivity index (χ2n) is 4.50. The average molecular weight is 234 g/mol. The fraction of sp³-hybridized carbons (Fsp3) is 0.900. The SMILES string of the molecule is CSCCC(N)C(N)C(=O)OC(C)(C)C. The summed E-state index contributed by atoms with van der Waals surface area (Å²) in [6.07, 6.45) is 2.72. The van der Waals surface area contributed by atoms with Crippen molar-refractivity contribution in [3.8, 4) is 0 Å². The van der Waals surface area contributed by atoms with Crippen molar-refractivity contribution >= 4 is 17.7 Å². The summed E-state index contributed by atoms with van der Waals surface area (Å²) in [5.74, 6) is 0.480. The van der Waals surface area contributed by atoms with E-state index in [1.807, 2.05) is 27.0 Å². The molecule has 2 unspecified atom stereocenters. The van der Waals surface area contributed by atoms with Gasteiger partial charge in [0, 0.05) is 6.04 Å². The first-order valence-electron chi connectivity index (χ1n) is 5.01. The highest BCUT2D eigenvalue weighted by atomic mass is 32.2. The van der Waals surface area contributed by atoms with Crippen molar-refractivity contribution in [2.24, 2.45) is 11.5 Å². The van der Waals surface area contributed by atoms with Crippen LogP contribution in [0.2, 0.25) is 0 Å². The lowest BCUT2D eigenvalue weighted by molar-refractivity contribution is -0.157. The van der Waals surface area contributed by atoms with E-state index in [1.165, 1.54) is 0 Å². The predicted octanol–water partition coefficient (Wildman–Crippen LogP) is 0.736. The molecule has 2 atom stereocenters. The summed E-state index contributed by atoms with van der Waals surface area (Å²) in [5.41, 5.74) is 11.0. The number of hydrogen-bond donors (Lipinski definition) is 2. The minimum Gasteiger partial charge on any atom is -0.459 e. The summed E-state index contributed by atoms with van der Waals surface area (Å²) >= 11 is 1.68. The summed E-state index contributed by atoms with van der Waals surface area (Å²) < 4.78 is 5.15. The standard InChI is InChI=1S/C10H22N2O2S/c1-10(2,3)14-9(13)8(12)7(11)5-6-15-4/h7-8H,5-6,11-12H2,1-4H3. The molecule has 0 bridgehead atoms. The summed E-state index contributed by atoms with van der Waals surface area (Å²) in [5, 5.41) is 0. The smallest absolute Gasteiger partial charge is 0.325 e. The van der Waals surface area contributed by atoms with Gasteiger partial charge in [0.25, 0.3) is 0 Å². The number of thioether (sulfide) groups is 1. The minimum absolute atomic E-state index is 0.327. The van der Waals surface area contributed by atoms with Crippen molar-refractivity contribution in [2.45, 2.75) is 44.9 Å². The molecular weight excluding hydrogens is 212 g/mol. The van der Waals surface area contributed by atoms with Gasteiger partial charge in [0.1, 0.15) is 11.6 Å². The highest BCUT2D eigenvalue weighted by Crippen LogP contribution is 2.10. The maximum absolute atomic E-state index is 11.5. The van der Waals surface area contributed by atoms with Gasteiger partial charge in [0.15, 0.2) is 0 Å². The molecule has 0 rings (SSSR count). The topological polar surface area (TPSA) is 78.3 Å². The molecule has 0 aromatic carbocycles. The van der Waals surface area contributed by atoms with Crippen LogP contribution in [-0.2, 0) is 9.53 Å². The van der Waals surface area contributed by atoms with Gasteiger partial charge in [-0.1, -0.05) is 0 Å². The van der Waals surface area contributed by atoms with E-state index in [0.717, 1.165) is 12.2 Å². The molecule has 0 aromatic rings. The molecule has 90 valence electrons. The number of ether oxygens (including phenoxy) is 1. The van der Waals surface area contributed by atoms with Crippen molar-refractivity contribution in [1.82, 2.24) is 0 Å². The first-order chi connectivity index (χ1) is 6.78. The summed E-state index contributed by atoms with van der Waals surface area (Å²) in [4.78, 5) is 11.5. The second-order valence-corrected chi connectivity index (χ2v) is 5.49. The van der Waals surface area contributed by atoms with Crippen LogP contribution in [0.1, 0.15) is 27.2 Å². The largest absolute Gasteiger partial charge is 0.459 e. The minimum atomic E-state index is -0.726. The van der Waals surface area contributed by atoms with Crippen molar-refractivity contribution < 1.29 is 9.53 Å². The quantitative estimate of drug-likeness (QED) is 0.686. The fourth-order valence-corrected chi connectivity index (χ4v) is 1.49. The second kappa shape index (κ2) is 6.35. The van der Waals surface area contributed by atoms with Crippen LogP contribution in [0.3, 0.4) is 0 Å². The Kier molecular flexibility index (Phi) is 6.24. The molecule has 0 aromatic heterocycles. The molecule has 4 nitrogen and oxygen atoms in total. The molecule has 0 aliphatic carbocycles. The third-order valence-corrected chi connectivity index (χ3v) is 2.44. The first-order valence-corrected chi connectivity index (χ1v) is 6.40. The van der Waals surface area contributed by atoms with Gasteiger partial charge in [-0.3, -0.25) is 4.79 Å². The zero-order chi connectivity index (χ0) is 12.1. The van der Waals surface area contributed by atoms with Crippen LogP contribution in [0.25, 0.3) is 0 Å². The lowest BCUT2D eigenvalue weighted by atomic mass is 10.1. The van der Waals surface area contributed by atoms with Crippen molar-refractivity contribution in [2.75, 3.05) is 12.0 Å². The molecule has 4 N–H and O–H groups in total. The Bertz CT molecular complexity index is 204. The van der Waals surface area contributed by atoms with E-state index in [1.54, 1.807) is 11.8 Å². The number of esters is 1. The number of rotatable bonds is 5. The van der Waals surface area contributed by atoms with Gasteiger partial charge in [-0.2, -0.15) is 11.8 Å². The summed E-state index contributed by atoms with van der Waals surface area (Å²) in [7, 11) is 0. The molecule has 0 heterocycles. The highest BCUT2D eigenvalue weighted by molar-refractivity contribution is 7.98. The number of nitrogens with two attached hydrogens (primary N) is 2. The molecular formula is C10H22N2O2S. The fourth-order valence-electron chi connectivity index (χ4n) is 0.978. The van der Waals surface area contributed by atoms with E-state index in [0.29, 0.717) is 0 Å². The Morgan fingerprint density at radius 1 is 1.40 bits per heavy atom. The van der Waals surface area contributed by atoms with Crippen LogP contribution < -0.4 is 11.5 Å². The molecule has 5 heteroatoms. The third kappa shape index (κ3) is 6.76. The molecule has 0 fully saturated rings. The third-order valence-electron chi connectivity index (χ3n) is 1.80.